The highest BCUT2D eigenvalue weighted by Gasteiger charge is 2.18. The quantitative estimate of drug-likeness (QED) is 0.391. The number of rotatable bonds is 6. The van der Waals surface area contributed by atoms with Gasteiger partial charge in [-0.15, -0.1) is 0 Å². The molecule has 0 radical (unpaired) electrons. The number of fused-ring (bicyclic) bond motifs is 1. The normalized spacial score (nSPS) is 18.3. The van der Waals surface area contributed by atoms with Crippen molar-refractivity contribution in [1.29, 1.82) is 0 Å². The van der Waals surface area contributed by atoms with E-state index in [0.717, 1.165) is 11.7 Å². The van der Waals surface area contributed by atoms with Crippen LogP contribution in [0.15, 0.2) is 47.5 Å². The summed E-state index contributed by atoms with van der Waals surface area (Å²) >= 11 is 0. The van der Waals surface area contributed by atoms with E-state index in [1.165, 1.54) is 75.0 Å². The molecule has 2 aromatic rings. The summed E-state index contributed by atoms with van der Waals surface area (Å²) in [6.07, 6.45) is 13.1. The zero-order chi connectivity index (χ0) is 19.7. The number of hydrogen-bond acceptors (Lipinski definition) is 2. The molecule has 2 N–H and O–H groups in total. The Balaban J connectivity index is 1.32. The van der Waals surface area contributed by atoms with Gasteiger partial charge in [-0.3, -0.25) is 0 Å². The van der Waals surface area contributed by atoms with Crippen LogP contribution in [0.25, 0.3) is 10.8 Å². The van der Waals surface area contributed by atoms with Crippen molar-refractivity contribution in [3.63, 3.8) is 0 Å². The van der Waals surface area contributed by atoms with Crippen LogP contribution < -0.4 is 15.4 Å². The van der Waals surface area contributed by atoms with E-state index in [-0.39, 0.29) is 0 Å². The van der Waals surface area contributed by atoms with E-state index in [4.69, 9.17) is 9.73 Å². The molecule has 0 aliphatic heterocycles. The molecular weight excluding hydrogens is 358 g/mol. The molecule has 29 heavy (non-hydrogen) atoms. The van der Waals surface area contributed by atoms with E-state index in [9.17, 15) is 0 Å². The van der Waals surface area contributed by atoms with Crippen molar-refractivity contribution in [2.24, 2.45) is 4.99 Å². The van der Waals surface area contributed by atoms with E-state index in [0.29, 0.717) is 25.2 Å². The largest absolute Gasteiger partial charge is 0.492 e. The van der Waals surface area contributed by atoms with Crippen LogP contribution >= 0.6 is 0 Å². The van der Waals surface area contributed by atoms with Crippen molar-refractivity contribution in [2.45, 2.75) is 76.3 Å². The fraction of sp³-hybridized carbons (Fsp3) is 0.560. The van der Waals surface area contributed by atoms with Gasteiger partial charge in [-0.25, -0.2) is 4.99 Å². The number of nitrogens with zero attached hydrogens (tertiary/aromatic N) is 1. The summed E-state index contributed by atoms with van der Waals surface area (Å²) in [5.74, 6) is 1.91. The SMILES string of the molecule is c1ccc2cc(OCCN=C(NC3CCCCC3)NC3CCCCC3)ccc2c1. The second-order valence-corrected chi connectivity index (χ2v) is 8.55. The number of benzene rings is 2. The molecule has 0 bridgehead atoms. The van der Waals surface area contributed by atoms with Gasteiger partial charge >= 0.3 is 0 Å². The monoisotopic (exact) mass is 393 g/mol. The smallest absolute Gasteiger partial charge is 0.191 e. The summed E-state index contributed by atoms with van der Waals surface area (Å²) in [7, 11) is 0. The van der Waals surface area contributed by atoms with Crippen molar-refractivity contribution >= 4 is 16.7 Å². The Bertz CT molecular complexity index is 770. The molecule has 2 saturated carbocycles. The predicted molar refractivity (Wildman–Crippen MR) is 122 cm³/mol. The molecule has 0 spiro atoms. The first-order valence-corrected chi connectivity index (χ1v) is 11.6. The fourth-order valence-electron chi connectivity index (χ4n) is 4.59. The Morgan fingerprint density at radius 3 is 2.07 bits per heavy atom. The van der Waals surface area contributed by atoms with Gasteiger partial charge in [0.2, 0.25) is 0 Å². The molecule has 0 atom stereocenters. The van der Waals surface area contributed by atoms with Crippen LogP contribution in [0.1, 0.15) is 64.2 Å². The first-order valence-electron chi connectivity index (χ1n) is 11.6. The van der Waals surface area contributed by atoms with Gasteiger partial charge in [0, 0.05) is 12.1 Å². The van der Waals surface area contributed by atoms with Gasteiger partial charge in [0.1, 0.15) is 12.4 Å². The molecule has 4 nitrogen and oxygen atoms in total. The molecule has 0 aromatic heterocycles. The average Bonchev–Trinajstić information content (AvgIpc) is 2.78. The Hall–Kier alpha value is -2.23. The lowest BCUT2D eigenvalue weighted by molar-refractivity contribution is 0.328. The summed E-state index contributed by atoms with van der Waals surface area (Å²) in [4.78, 5) is 4.86. The van der Waals surface area contributed by atoms with Crippen molar-refractivity contribution < 1.29 is 4.74 Å². The Labute approximate surface area is 175 Å². The molecule has 0 amide bonds. The summed E-state index contributed by atoms with van der Waals surface area (Å²) in [6.45, 7) is 1.27. The highest BCUT2D eigenvalue weighted by Crippen LogP contribution is 2.21. The minimum atomic E-state index is 0.569. The van der Waals surface area contributed by atoms with E-state index in [1.807, 2.05) is 6.07 Å². The standard InChI is InChI=1S/C25H35N3O/c1-3-11-22(12-4-1)27-25(28-23-13-5-2-6-14-23)26-17-18-29-24-16-15-20-9-7-8-10-21(20)19-24/h7-10,15-16,19,22-23H,1-6,11-14,17-18H2,(H2,26,27,28). The lowest BCUT2D eigenvalue weighted by atomic mass is 9.95. The van der Waals surface area contributed by atoms with Crippen LogP contribution in [0.2, 0.25) is 0 Å². The van der Waals surface area contributed by atoms with E-state index < -0.39 is 0 Å². The summed E-state index contributed by atoms with van der Waals surface area (Å²) in [6, 6.07) is 15.8. The Morgan fingerprint density at radius 1 is 0.793 bits per heavy atom. The van der Waals surface area contributed by atoms with E-state index >= 15 is 0 Å². The second-order valence-electron chi connectivity index (χ2n) is 8.55. The van der Waals surface area contributed by atoms with Gasteiger partial charge in [0.25, 0.3) is 0 Å². The highest BCUT2D eigenvalue weighted by molar-refractivity contribution is 5.83. The predicted octanol–water partition coefficient (Wildman–Crippen LogP) is 5.42. The number of hydrogen-bond donors (Lipinski definition) is 2. The van der Waals surface area contributed by atoms with Crippen LogP contribution in [0.3, 0.4) is 0 Å². The third kappa shape index (κ3) is 6.12. The summed E-state index contributed by atoms with van der Waals surface area (Å²) in [5.41, 5.74) is 0. The zero-order valence-corrected chi connectivity index (χ0v) is 17.5. The first kappa shape index (κ1) is 20.1. The minimum absolute atomic E-state index is 0.569. The molecule has 2 aliphatic carbocycles. The van der Waals surface area contributed by atoms with Crippen LogP contribution in [0.4, 0.5) is 0 Å². The molecule has 0 saturated heterocycles. The van der Waals surface area contributed by atoms with E-state index in [2.05, 4.69) is 47.0 Å². The molecular formula is C25H35N3O. The van der Waals surface area contributed by atoms with Gasteiger partial charge < -0.3 is 15.4 Å². The van der Waals surface area contributed by atoms with Gasteiger partial charge in [-0.2, -0.15) is 0 Å². The molecule has 2 aromatic carbocycles. The van der Waals surface area contributed by atoms with Crippen molar-refractivity contribution in [2.75, 3.05) is 13.2 Å². The Morgan fingerprint density at radius 2 is 1.41 bits per heavy atom. The average molecular weight is 394 g/mol. The topological polar surface area (TPSA) is 45.6 Å². The first-order chi connectivity index (χ1) is 14.4. The fourth-order valence-corrected chi connectivity index (χ4v) is 4.59. The van der Waals surface area contributed by atoms with Gasteiger partial charge in [-0.1, -0.05) is 68.9 Å². The van der Waals surface area contributed by atoms with Crippen molar-refractivity contribution in [3.8, 4) is 5.75 Å². The van der Waals surface area contributed by atoms with Crippen LogP contribution in [-0.2, 0) is 0 Å². The van der Waals surface area contributed by atoms with Crippen molar-refractivity contribution in [3.05, 3.63) is 42.5 Å². The maximum atomic E-state index is 5.98. The third-order valence-corrected chi connectivity index (χ3v) is 6.24. The molecule has 4 rings (SSSR count). The summed E-state index contributed by atoms with van der Waals surface area (Å²) in [5, 5.41) is 9.88. The highest BCUT2D eigenvalue weighted by atomic mass is 16.5. The number of nitrogens with one attached hydrogen (secondary N) is 2. The third-order valence-electron chi connectivity index (χ3n) is 6.24. The van der Waals surface area contributed by atoms with Crippen LogP contribution in [-0.4, -0.2) is 31.2 Å². The molecule has 156 valence electrons. The van der Waals surface area contributed by atoms with Crippen LogP contribution in [0.5, 0.6) is 5.75 Å². The second kappa shape index (κ2) is 10.5. The van der Waals surface area contributed by atoms with E-state index in [1.54, 1.807) is 0 Å². The number of aliphatic imine (C=N–C) groups is 1. The van der Waals surface area contributed by atoms with Crippen LogP contribution in [0, 0.1) is 0 Å². The number of guanidine groups is 1. The lowest BCUT2D eigenvalue weighted by Crippen LogP contribution is -2.48. The summed E-state index contributed by atoms with van der Waals surface area (Å²) < 4.78 is 5.98. The zero-order valence-electron chi connectivity index (χ0n) is 17.5. The minimum Gasteiger partial charge on any atom is -0.492 e. The lowest BCUT2D eigenvalue weighted by Gasteiger charge is -2.29. The maximum absolute atomic E-state index is 5.98. The Kier molecular flexibility index (Phi) is 7.28. The van der Waals surface area contributed by atoms with Gasteiger partial charge in [-0.05, 0) is 48.6 Å². The maximum Gasteiger partial charge on any atom is 0.191 e. The number of ether oxygens (including phenoxy) is 1. The van der Waals surface area contributed by atoms with Gasteiger partial charge in [0.15, 0.2) is 5.96 Å². The molecule has 2 fully saturated rings. The van der Waals surface area contributed by atoms with Gasteiger partial charge in [0.05, 0.1) is 6.54 Å². The molecule has 2 aliphatic rings. The molecule has 0 heterocycles. The molecule has 4 heteroatoms. The molecule has 0 unspecified atom stereocenters. The van der Waals surface area contributed by atoms with Crippen molar-refractivity contribution in [1.82, 2.24) is 10.6 Å².